The molecule has 172 valence electrons. The van der Waals surface area contributed by atoms with Gasteiger partial charge in [0.1, 0.15) is 11.5 Å². The molecule has 0 bridgehead atoms. The average molecular weight is 535 g/mol. The SMILES string of the molecule is O=S(=O)(O)C(P)C(S(=O)(=O)O)(S(=O)(=O)Oc1ccccc1)S(=O)(=O)Oc1ccccc1. The first-order valence-electron chi connectivity index (χ1n) is 7.73. The summed E-state index contributed by atoms with van der Waals surface area (Å²) in [5, 5.41) is 0. The van der Waals surface area contributed by atoms with Crippen LogP contribution in [0.4, 0.5) is 0 Å². The van der Waals surface area contributed by atoms with E-state index in [-0.39, 0.29) is 0 Å². The van der Waals surface area contributed by atoms with Crippen molar-refractivity contribution in [3.05, 3.63) is 60.7 Å². The highest BCUT2D eigenvalue weighted by molar-refractivity contribution is 8.23. The molecular weight excluding hydrogens is 519 g/mol. The minimum Gasteiger partial charge on any atom is -0.380 e. The summed E-state index contributed by atoms with van der Waals surface area (Å²) in [4.78, 5) is -3.29. The van der Waals surface area contributed by atoms with Gasteiger partial charge in [0.2, 0.25) is 0 Å². The van der Waals surface area contributed by atoms with Gasteiger partial charge in [0.15, 0.2) is 4.99 Å². The third-order valence-corrected chi connectivity index (χ3v) is 14.7. The fourth-order valence-electron chi connectivity index (χ4n) is 2.32. The van der Waals surface area contributed by atoms with Crippen LogP contribution >= 0.6 is 9.24 Å². The van der Waals surface area contributed by atoms with E-state index < -0.39 is 60.4 Å². The van der Waals surface area contributed by atoms with Crippen LogP contribution in [-0.2, 0) is 40.5 Å². The first-order chi connectivity index (χ1) is 14.1. The predicted molar refractivity (Wildman–Crippen MR) is 111 cm³/mol. The Labute approximate surface area is 181 Å². The number of hydrogen-bond acceptors (Lipinski definition) is 10. The van der Waals surface area contributed by atoms with Crippen LogP contribution in [0.5, 0.6) is 11.5 Å². The molecule has 17 heteroatoms. The minimum absolute atomic E-state index is 0.627. The van der Waals surface area contributed by atoms with Gasteiger partial charge in [-0.1, -0.05) is 36.4 Å². The molecule has 0 aliphatic rings. The van der Waals surface area contributed by atoms with Gasteiger partial charge in [-0.2, -0.15) is 33.7 Å². The third-order valence-electron chi connectivity index (χ3n) is 3.62. The molecule has 2 N–H and O–H groups in total. The van der Waals surface area contributed by atoms with Crippen molar-refractivity contribution in [3.8, 4) is 11.5 Å². The van der Waals surface area contributed by atoms with Crippen molar-refractivity contribution in [2.45, 2.75) is 8.40 Å². The Morgan fingerprint density at radius 1 is 0.677 bits per heavy atom. The number of hydrogen-bond donors (Lipinski definition) is 2. The normalized spacial score (nSPS) is 14.5. The molecule has 0 aliphatic heterocycles. The van der Waals surface area contributed by atoms with Crippen molar-refractivity contribution in [2.24, 2.45) is 0 Å². The zero-order valence-corrected chi connectivity index (χ0v) is 19.5. The summed E-state index contributed by atoms with van der Waals surface area (Å²) in [5.41, 5.74) is 0. The molecule has 0 fully saturated rings. The van der Waals surface area contributed by atoms with Gasteiger partial charge in [-0.25, -0.2) is 0 Å². The van der Waals surface area contributed by atoms with Crippen molar-refractivity contribution >= 4 is 49.7 Å². The molecule has 0 radical (unpaired) electrons. The molecule has 0 saturated heterocycles. The van der Waals surface area contributed by atoms with Gasteiger partial charge in [0, 0.05) is 0 Å². The van der Waals surface area contributed by atoms with Gasteiger partial charge < -0.3 is 8.37 Å². The van der Waals surface area contributed by atoms with E-state index in [1.807, 2.05) is 0 Å². The first-order valence-corrected chi connectivity index (χ1v) is 14.2. The quantitative estimate of drug-likeness (QED) is 0.256. The molecule has 2 atom stereocenters. The second kappa shape index (κ2) is 8.61. The highest BCUT2D eigenvalue weighted by Crippen LogP contribution is 2.43. The van der Waals surface area contributed by atoms with E-state index in [1.54, 1.807) is 0 Å². The summed E-state index contributed by atoms with van der Waals surface area (Å²) >= 11 is 0. The number of para-hydroxylation sites is 2. The minimum atomic E-state index is -6.45. The summed E-state index contributed by atoms with van der Waals surface area (Å²) in [6.45, 7) is 0. The lowest BCUT2D eigenvalue weighted by molar-refractivity contribution is 0.420. The summed E-state index contributed by atoms with van der Waals surface area (Å²) in [5.74, 6) is -1.25. The Kier molecular flexibility index (Phi) is 7.07. The van der Waals surface area contributed by atoms with Crippen molar-refractivity contribution in [3.63, 3.8) is 0 Å². The molecule has 31 heavy (non-hydrogen) atoms. The standard InChI is InChI=1S/C14H15O12PS4/c15-28(16,17)13(27)14(29(18,19)20,30(21,22)25-11-7-3-1-4-8-11)31(23,24)26-12-9-5-2-6-10-12/h1-10,13H,27H2,(H,15,16,17)(H,18,19,20). The van der Waals surface area contributed by atoms with E-state index in [2.05, 4.69) is 8.37 Å². The maximum absolute atomic E-state index is 13.0. The second-order valence-corrected chi connectivity index (χ2v) is 14.2. The van der Waals surface area contributed by atoms with Gasteiger partial charge >= 0.3 is 33.8 Å². The van der Waals surface area contributed by atoms with E-state index in [4.69, 9.17) is 0 Å². The fraction of sp³-hybridized carbons (Fsp3) is 0.143. The molecule has 2 unspecified atom stereocenters. The van der Waals surface area contributed by atoms with Crippen LogP contribution in [0.25, 0.3) is 0 Å². The molecule has 2 aromatic carbocycles. The van der Waals surface area contributed by atoms with Crippen LogP contribution in [0, 0.1) is 0 Å². The monoisotopic (exact) mass is 534 g/mol. The van der Waals surface area contributed by atoms with Crippen molar-refractivity contribution < 1.29 is 51.1 Å². The largest absolute Gasteiger partial charge is 0.388 e. The van der Waals surface area contributed by atoms with E-state index in [9.17, 15) is 42.8 Å². The van der Waals surface area contributed by atoms with Gasteiger partial charge in [0.25, 0.3) is 10.1 Å². The van der Waals surface area contributed by atoms with Crippen LogP contribution < -0.4 is 8.37 Å². The van der Waals surface area contributed by atoms with Crippen LogP contribution in [0.3, 0.4) is 0 Å². The van der Waals surface area contributed by atoms with Gasteiger partial charge in [-0.15, -0.1) is 9.24 Å². The zero-order chi connectivity index (χ0) is 23.7. The van der Waals surface area contributed by atoms with Crippen molar-refractivity contribution in [1.29, 1.82) is 0 Å². The van der Waals surface area contributed by atoms with E-state index in [1.165, 1.54) is 36.4 Å². The molecule has 0 spiro atoms. The second-order valence-electron chi connectivity index (χ2n) is 5.72. The maximum atomic E-state index is 13.0. The van der Waals surface area contributed by atoms with Crippen LogP contribution in [-0.4, -0.2) is 51.2 Å². The van der Waals surface area contributed by atoms with E-state index in [0.717, 1.165) is 33.5 Å². The molecule has 0 heterocycles. The van der Waals surface area contributed by atoms with Crippen molar-refractivity contribution in [2.75, 3.05) is 0 Å². The number of rotatable bonds is 9. The summed E-state index contributed by atoms with van der Waals surface area (Å²) in [6, 6.07) is 11.6. The predicted octanol–water partition coefficient (Wildman–Crippen LogP) is 0.435. The van der Waals surface area contributed by atoms with Gasteiger partial charge in [-0.05, 0) is 24.3 Å². The Bertz CT molecular complexity index is 1280. The molecular formula is C14H15O12PS4. The van der Waals surface area contributed by atoms with Gasteiger partial charge in [-0.3, -0.25) is 9.11 Å². The highest BCUT2D eigenvalue weighted by Gasteiger charge is 2.75. The molecule has 2 aromatic rings. The summed E-state index contributed by atoms with van der Waals surface area (Å²) < 4.78 is 123. The molecule has 2 rings (SSSR count). The Balaban J connectivity index is 2.92. The van der Waals surface area contributed by atoms with Crippen LogP contribution in [0.1, 0.15) is 0 Å². The molecule has 0 aromatic heterocycles. The van der Waals surface area contributed by atoms with E-state index >= 15 is 0 Å². The highest BCUT2D eigenvalue weighted by atomic mass is 32.3. The first kappa shape index (κ1) is 25.5. The van der Waals surface area contributed by atoms with Crippen molar-refractivity contribution in [1.82, 2.24) is 0 Å². The fourth-order valence-corrected chi connectivity index (χ4v) is 11.7. The Hall–Kier alpha value is -1.81. The smallest absolute Gasteiger partial charge is 0.380 e. The Morgan fingerprint density at radius 3 is 1.26 bits per heavy atom. The molecule has 0 amide bonds. The van der Waals surface area contributed by atoms with Crippen LogP contribution in [0.15, 0.2) is 60.7 Å². The van der Waals surface area contributed by atoms with E-state index in [0.29, 0.717) is 0 Å². The molecule has 0 saturated carbocycles. The third kappa shape index (κ3) is 4.84. The lowest BCUT2D eigenvalue weighted by Gasteiger charge is -2.31. The zero-order valence-electron chi connectivity index (χ0n) is 15.0. The number of benzene rings is 2. The maximum Gasteiger partial charge on any atom is 0.388 e. The summed E-state index contributed by atoms with van der Waals surface area (Å²) in [6.07, 6.45) is 0. The topological polar surface area (TPSA) is 195 Å². The molecule has 12 nitrogen and oxygen atoms in total. The summed E-state index contributed by atoms with van der Waals surface area (Å²) in [7, 11) is -23.5. The lowest BCUT2D eigenvalue weighted by Crippen LogP contribution is -2.63. The van der Waals surface area contributed by atoms with Crippen LogP contribution in [0.2, 0.25) is 0 Å². The average Bonchev–Trinajstić information content (AvgIpc) is 2.60. The van der Waals surface area contributed by atoms with Gasteiger partial charge in [0.05, 0.1) is 0 Å². The molecule has 0 aliphatic carbocycles. The lowest BCUT2D eigenvalue weighted by atomic mass is 10.3. The Morgan fingerprint density at radius 2 is 1.00 bits per heavy atom.